The third-order valence-electron chi connectivity index (χ3n) is 7.51. The molecule has 3 aromatic carbocycles. The van der Waals surface area contributed by atoms with Crippen LogP contribution >= 0.6 is 11.8 Å². The van der Waals surface area contributed by atoms with Crippen molar-refractivity contribution in [1.82, 2.24) is 15.3 Å². The zero-order valence-corrected chi connectivity index (χ0v) is 25.5. The molecule has 1 fully saturated rings. The molecule has 11 heteroatoms. The maximum absolute atomic E-state index is 14.1. The van der Waals surface area contributed by atoms with E-state index in [0.717, 1.165) is 33.9 Å². The molecule has 0 atom stereocenters. The van der Waals surface area contributed by atoms with Crippen molar-refractivity contribution < 1.29 is 24.3 Å². The number of anilines is 2. The van der Waals surface area contributed by atoms with E-state index in [4.69, 9.17) is 5.11 Å². The van der Waals surface area contributed by atoms with E-state index in [1.54, 1.807) is 30.5 Å². The first kappa shape index (κ1) is 30.7. The lowest BCUT2D eigenvalue weighted by atomic mass is 9.84. The highest BCUT2D eigenvalue weighted by molar-refractivity contribution is 8.00. The molecule has 2 aliphatic rings. The van der Waals surface area contributed by atoms with Crippen LogP contribution in [-0.2, 0) is 9.59 Å². The van der Waals surface area contributed by atoms with Crippen LogP contribution < -0.4 is 15.6 Å². The number of amides is 5. The second-order valence-corrected chi connectivity index (χ2v) is 12.6. The summed E-state index contributed by atoms with van der Waals surface area (Å²) in [6.45, 7) is 5.35. The first-order valence-corrected chi connectivity index (χ1v) is 15.4. The standard InChI is InChI=1S/C33H35N5O5S/c1-33(2)17-8-18-36(22-33)29(39)20-37-28-12-7-6-11-26(28)27(23-9-4-3-5-10-23)19-38(32(37)43)35-31(42)34-24-13-15-25(16-14-24)44-21-30(40)41/h3-7,9-16,19H,8,17-18,20-22H2,1-2H3,(H,40,41)(H2,34,35,42). The van der Waals surface area contributed by atoms with Crippen molar-refractivity contribution in [3.63, 3.8) is 0 Å². The molecule has 1 saturated heterocycles. The number of hydrogen-bond donors (Lipinski definition) is 3. The van der Waals surface area contributed by atoms with E-state index in [0.29, 0.717) is 30.0 Å². The van der Waals surface area contributed by atoms with Gasteiger partial charge in [-0.25, -0.2) is 20.0 Å². The van der Waals surface area contributed by atoms with Crippen LogP contribution in [0.5, 0.6) is 0 Å². The maximum Gasteiger partial charge on any atom is 0.347 e. The molecule has 0 aromatic heterocycles. The summed E-state index contributed by atoms with van der Waals surface area (Å²) in [5.74, 6) is -1.15. The number of benzene rings is 3. The zero-order valence-electron chi connectivity index (χ0n) is 24.7. The summed E-state index contributed by atoms with van der Waals surface area (Å²) >= 11 is 1.17. The minimum Gasteiger partial charge on any atom is -0.481 e. The van der Waals surface area contributed by atoms with Crippen molar-refractivity contribution in [1.29, 1.82) is 0 Å². The van der Waals surface area contributed by atoms with Gasteiger partial charge in [0, 0.05) is 41.0 Å². The number of piperidine rings is 1. The average Bonchev–Trinajstić information content (AvgIpc) is 3.11. The molecule has 228 valence electrons. The van der Waals surface area contributed by atoms with Crippen LogP contribution in [0.1, 0.15) is 37.8 Å². The second-order valence-electron chi connectivity index (χ2n) is 11.5. The molecule has 0 unspecified atom stereocenters. The minimum atomic E-state index is -0.917. The van der Waals surface area contributed by atoms with Crippen LogP contribution in [-0.4, -0.2) is 64.3 Å². The Morgan fingerprint density at radius 3 is 2.36 bits per heavy atom. The quantitative estimate of drug-likeness (QED) is 0.273. The Morgan fingerprint density at radius 2 is 1.66 bits per heavy atom. The molecular formula is C33H35N5O5S. The number of carbonyl (C=O) groups excluding carboxylic acids is 3. The van der Waals surface area contributed by atoms with E-state index >= 15 is 0 Å². The number of hydrogen-bond acceptors (Lipinski definition) is 5. The summed E-state index contributed by atoms with van der Waals surface area (Å²) in [5, 5.41) is 12.7. The predicted molar refractivity (Wildman–Crippen MR) is 171 cm³/mol. The number of para-hydroxylation sites is 1. The molecule has 2 heterocycles. The Morgan fingerprint density at radius 1 is 0.955 bits per heavy atom. The molecule has 44 heavy (non-hydrogen) atoms. The third kappa shape index (κ3) is 7.41. The predicted octanol–water partition coefficient (Wildman–Crippen LogP) is 5.88. The SMILES string of the molecule is CC1(C)CCCN(C(=O)CN2C(=O)N(NC(=O)Nc3ccc(SCC(=O)O)cc3)C=C(c3ccccc3)c3ccccc32)C1. The summed E-state index contributed by atoms with van der Waals surface area (Å²) in [6, 6.07) is 22.4. The Balaban J connectivity index is 1.42. The fourth-order valence-electron chi connectivity index (χ4n) is 5.42. The first-order valence-electron chi connectivity index (χ1n) is 14.4. The number of thioether (sulfide) groups is 1. The number of hydrazine groups is 1. The van der Waals surface area contributed by atoms with Crippen molar-refractivity contribution in [2.45, 2.75) is 31.6 Å². The van der Waals surface area contributed by atoms with Gasteiger partial charge in [0.05, 0.1) is 11.4 Å². The van der Waals surface area contributed by atoms with Crippen molar-refractivity contribution in [2.24, 2.45) is 5.41 Å². The van der Waals surface area contributed by atoms with Crippen LogP contribution in [0.25, 0.3) is 5.57 Å². The minimum absolute atomic E-state index is 0.00449. The van der Waals surface area contributed by atoms with Crippen molar-refractivity contribution in [3.8, 4) is 0 Å². The average molecular weight is 614 g/mol. The Kier molecular flexibility index (Phi) is 9.24. The van der Waals surface area contributed by atoms with E-state index in [2.05, 4.69) is 24.6 Å². The number of likely N-dealkylation sites (tertiary alicyclic amines) is 1. The summed E-state index contributed by atoms with van der Waals surface area (Å²) in [5.41, 5.74) is 5.95. The molecule has 0 radical (unpaired) electrons. The normalized spacial score (nSPS) is 16.0. The van der Waals surface area contributed by atoms with E-state index in [1.807, 2.05) is 59.5 Å². The lowest BCUT2D eigenvalue weighted by molar-refractivity contribution is -0.134. The smallest absolute Gasteiger partial charge is 0.347 e. The maximum atomic E-state index is 14.1. The van der Waals surface area contributed by atoms with Crippen LogP contribution in [0, 0.1) is 5.41 Å². The van der Waals surface area contributed by atoms with Gasteiger partial charge in [0.15, 0.2) is 0 Å². The van der Waals surface area contributed by atoms with E-state index < -0.39 is 18.0 Å². The Hall–Kier alpha value is -4.77. The summed E-state index contributed by atoms with van der Waals surface area (Å²) in [7, 11) is 0. The molecule has 3 N–H and O–H groups in total. The van der Waals surface area contributed by atoms with E-state index in [9.17, 15) is 19.2 Å². The number of urea groups is 2. The molecule has 0 aliphatic carbocycles. The lowest BCUT2D eigenvalue weighted by Crippen LogP contribution is -2.54. The van der Waals surface area contributed by atoms with Crippen molar-refractivity contribution in [3.05, 3.63) is 96.2 Å². The zero-order chi connectivity index (χ0) is 31.3. The molecule has 0 bridgehead atoms. The third-order valence-corrected chi connectivity index (χ3v) is 8.50. The first-order chi connectivity index (χ1) is 21.1. The van der Waals surface area contributed by atoms with Crippen LogP contribution in [0.15, 0.2) is 90.0 Å². The van der Waals surface area contributed by atoms with Crippen LogP contribution in [0.3, 0.4) is 0 Å². The van der Waals surface area contributed by atoms with E-state index in [1.165, 1.54) is 16.7 Å². The van der Waals surface area contributed by atoms with Gasteiger partial charge in [-0.05, 0) is 54.2 Å². The van der Waals surface area contributed by atoms with E-state index in [-0.39, 0.29) is 23.6 Å². The molecule has 0 spiro atoms. The number of carboxylic acid groups (broad SMARTS) is 1. The second kappa shape index (κ2) is 13.3. The Labute approximate surface area is 260 Å². The van der Waals surface area contributed by atoms with Gasteiger partial charge in [-0.15, -0.1) is 11.8 Å². The molecule has 5 amide bonds. The topological polar surface area (TPSA) is 122 Å². The molecule has 10 nitrogen and oxygen atoms in total. The molecular weight excluding hydrogens is 578 g/mol. The number of carbonyl (C=O) groups is 4. The number of nitrogens with one attached hydrogen (secondary N) is 2. The van der Waals surface area contributed by atoms with Gasteiger partial charge in [0.2, 0.25) is 5.91 Å². The van der Waals surface area contributed by atoms with Gasteiger partial charge in [-0.2, -0.15) is 0 Å². The van der Waals surface area contributed by atoms with Gasteiger partial charge in [-0.3, -0.25) is 14.5 Å². The molecule has 3 aromatic rings. The van der Waals surface area contributed by atoms with Gasteiger partial charge in [0.1, 0.15) is 6.54 Å². The molecule has 0 saturated carbocycles. The molecule has 2 aliphatic heterocycles. The highest BCUT2D eigenvalue weighted by Gasteiger charge is 2.35. The summed E-state index contributed by atoms with van der Waals surface area (Å²) in [4.78, 5) is 55.8. The lowest BCUT2D eigenvalue weighted by Gasteiger charge is -2.39. The van der Waals surface area contributed by atoms with Crippen LogP contribution in [0.2, 0.25) is 0 Å². The van der Waals surface area contributed by atoms with Crippen LogP contribution in [0.4, 0.5) is 21.0 Å². The van der Waals surface area contributed by atoms with Gasteiger partial charge >= 0.3 is 18.0 Å². The highest BCUT2D eigenvalue weighted by Crippen LogP contribution is 2.36. The Bertz CT molecular complexity index is 1570. The number of nitrogens with zero attached hydrogens (tertiary/aromatic N) is 3. The number of rotatable bonds is 8. The largest absolute Gasteiger partial charge is 0.481 e. The number of fused-ring (bicyclic) bond motifs is 1. The summed E-state index contributed by atoms with van der Waals surface area (Å²) < 4.78 is 0. The van der Waals surface area contributed by atoms with Gasteiger partial charge in [-0.1, -0.05) is 62.4 Å². The number of aliphatic carboxylic acids is 1. The van der Waals surface area contributed by atoms with Gasteiger partial charge < -0.3 is 15.3 Å². The van der Waals surface area contributed by atoms with Crippen molar-refractivity contribution >= 4 is 52.6 Å². The highest BCUT2D eigenvalue weighted by atomic mass is 32.2. The fourth-order valence-corrected chi connectivity index (χ4v) is 6.04. The van der Waals surface area contributed by atoms with Gasteiger partial charge in [0.25, 0.3) is 0 Å². The summed E-state index contributed by atoms with van der Waals surface area (Å²) in [6.07, 6.45) is 3.51. The number of carboxylic acids is 1. The monoisotopic (exact) mass is 613 g/mol. The van der Waals surface area contributed by atoms with Crippen molar-refractivity contribution in [2.75, 3.05) is 35.6 Å². The molecule has 5 rings (SSSR count). The fraction of sp³-hybridized carbons (Fsp3) is 0.273.